The first-order chi connectivity index (χ1) is 14.1. The third-order valence-corrected chi connectivity index (χ3v) is 5.19. The van der Waals surface area contributed by atoms with E-state index in [9.17, 15) is 4.79 Å². The molecule has 0 radical (unpaired) electrons. The minimum Gasteiger partial charge on any atom is -0.469 e. The van der Waals surface area contributed by atoms with E-state index in [0.29, 0.717) is 13.1 Å². The van der Waals surface area contributed by atoms with E-state index in [1.807, 2.05) is 26.0 Å². The predicted molar refractivity (Wildman–Crippen MR) is 128 cm³/mol. The Morgan fingerprint density at radius 3 is 2.73 bits per heavy atom. The van der Waals surface area contributed by atoms with E-state index in [4.69, 9.17) is 14.1 Å². The second-order valence-corrected chi connectivity index (χ2v) is 8.04. The molecule has 1 atom stereocenters. The highest BCUT2D eigenvalue weighted by Gasteiger charge is 2.22. The van der Waals surface area contributed by atoms with Crippen LogP contribution in [0.2, 0.25) is 0 Å². The van der Waals surface area contributed by atoms with Gasteiger partial charge in [0.2, 0.25) is 5.91 Å². The van der Waals surface area contributed by atoms with Gasteiger partial charge in [0.15, 0.2) is 5.96 Å². The Labute approximate surface area is 196 Å². The van der Waals surface area contributed by atoms with E-state index < -0.39 is 0 Å². The zero-order valence-electron chi connectivity index (χ0n) is 18.1. The van der Waals surface area contributed by atoms with Crippen molar-refractivity contribution in [3.63, 3.8) is 0 Å². The smallest absolute Gasteiger partial charge is 0.234 e. The van der Waals surface area contributed by atoms with E-state index in [0.717, 1.165) is 70.3 Å². The van der Waals surface area contributed by atoms with Crippen LogP contribution in [0.15, 0.2) is 27.8 Å². The first-order valence-corrected chi connectivity index (χ1v) is 10.8. The summed E-state index contributed by atoms with van der Waals surface area (Å²) < 4.78 is 11.1. The van der Waals surface area contributed by atoms with E-state index in [2.05, 4.69) is 20.4 Å². The monoisotopic (exact) mass is 533 g/mol. The summed E-state index contributed by atoms with van der Waals surface area (Å²) in [5.74, 6) is 1.99. The Morgan fingerprint density at radius 1 is 1.30 bits per heavy atom. The molecule has 1 amide bonds. The molecule has 30 heavy (non-hydrogen) atoms. The molecule has 2 saturated heterocycles. The van der Waals surface area contributed by atoms with Gasteiger partial charge in [-0.05, 0) is 38.8 Å². The highest BCUT2D eigenvalue weighted by atomic mass is 127. The fourth-order valence-corrected chi connectivity index (χ4v) is 3.69. The number of carbonyl (C=O) groups is 1. The van der Waals surface area contributed by atoms with E-state index in [-0.39, 0.29) is 42.0 Å². The third-order valence-electron chi connectivity index (χ3n) is 5.19. The molecule has 0 spiro atoms. The lowest BCUT2D eigenvalue weighted by Crippen LogP contribution is -2.54. The Hall–Kier alpha value is -1.33. The van der Waals surface area contributed by atoms with Gasteiger partial charge in [0.1, 0.15) is 5.76 Å². The zero-order chi connectivity index (χ0) is 20.5. The van der Waals surface area contributed by atoms with Crippen LogP contribution in [0.1, 0.15) is 32.4 Å². The van der Waals surface area contributed by atoms with Gasteiger partial charge >= 0.3 is 0 Å². The normalized spacial score (nSPS) is 20.3. The highest BCUT2D eigenvalue weighted by molar-refractivity contribution is 14.0. The molecule has 3 heterocycles. The van der Waals surface area contributed by atoms with Crippen molar-refractivity contribution in [3.05, 3.63) is 24.2 Å². The van der Waals surface area contributed by atoms with Crippen LogP contribution in [-0.2, 0) is 16.0 Å². The maximum Gasteiger partial charge on any atom is 0.234 e. The number of carbonyl (C=O) groups excluding carboxylic acids is 1. The molecule has 170 valence electrons. The Bertz CT molecular complexity index is 639. The number of nitrogens with zero attached hydrogens (tertiary/aromatic N) is 3. The summed E-state index contributed by atoms with van der Waals surface area (Å²) >= 11 is 0. The number of ether oxygens (including phenoxy) is 1. The predicted octanol–water partition coefficient (Wildman–Crippen LogP) is 1.71. The van der Waals surface area contributed by atoms with Crippen LogP contribution in [-0.4, -0.2) is 86.2 Å². The van der Waals surface area contributed by atoms with Gasteiger partial charge in [-0.2, -0.15) is 0 Å². The average Bonchev–Trinajstić information content (AvgIpc) is 3.38. The molecule has 1 aromatic heterocycles. The topological polar surface area (TPSA) is 82.3 Å². The second-order valence-electron chi connectivity index (χ2n) is 8.04. The van der Waals surface area contributed by atoms with Crippen LogP contribution < -0.4 is 10.6 Å². The Balaban J connectivity index is 0.00000320. The zero-order valence-corrected chi connectivity index (χ0v) is 20.5. The number of guanidine groups is 1. The van der Waals surface area contributed by atoms with Gasteiger partial charge in [-0.25, -0.2) is 0 Å². The number of nitrogens with one attached hydrogen (secondary N) is 2. The number of rotatable bonds is 8. The lowest BCUT2D eigenvalue weighted by atomic mass is 10.2. The Morgan fingerprint density at radius 2 is 2.10 bits per heavy atom. The largest absolute Gasteiger partial charge is 0.469 e. The fraction of sp³-hybridized carbons (Fsp3) is 0.714. The van der Waals surface area contributed by atoms with Gasteiger partial charge < -0.3 is 24.7 Å². The van der Waals surface area contributed by atoms with Gasteiger partial charge in [0.25, 0.3) is 0 Å². The number of aliphatic imine (C=N–C) groups is 1. The lowest BCUT2D eigenvalue weighted by Gasteiger charge is -2.36. The quantitative estimate of drug-likeness (QED) is 0.301. The number of amides is 1. The van der Waals surface area contributed by atoms with Crippen molar-refractivity contribution >= 4 is 35.8 Å². The first kappa shape index (κ1) is 24.9. The van der Waals surface area contributed by atoms with Gasteiger partial charge in [0, 0.05) is 51.8 Å². The van der Waals surface area contributed by atoms with Gasteiger partial charge in [-0.15, -0.1) is 24.0 Å². The number of hydrogen-bond donors (Lipinski definition) is 2. The molecule has 2 aliphatic rings. The number of piperazine rings is 1. The molecule has 1 aromatic rings. The first-order valence-electron chi connectivity index (χ1n) is 10.8. The summed E-state index contributed by atoms with van der Waals surface area (Å²) in [4.78, 5) is 21.4. The molecule has 2 aliphatic heterocycles. The standard InChI is InChI=1S/C21H35N5O3.HI/c1-17(2)24-20(27)16-25-9-11-26(12-10-25)21(23-15-19-6-4-14-29-19)22-8-7-18-5-3-13-28-18;/h3,5,13,17,19H,4,6-12,14-16H2,1-2H3,(H,22,23)(H,24,27);1H. The van der Waals surface area contributed by atoms with Crippen molar-refractivity contribution in [1.29, 1.82) is 0 Å². The summed E-state index contributed by atoms with van der Waals surface area (Å²) in [6.45, 7) is 10.2. The molecule has 0 bridgehead atoms. The van der Waals surface area contributed by atoms with E-state index >= 15 is 0 Å². The van der Waals surface area contributed by atoms with Crippen molar-refractivity contribution in [2.24, 2.45) is 4.99 Å². The second kappa shape index (κ2) is 13.2. The van der Waals surface area contributed by atoms with Crippen LogP contribution in [0, 0.1) is 0 Å². The molecule has 1 unspecified atom stereocenters. The van der Waals surface area contributed by atoms with E-state index in [1.54, 1.807) is 6.26 Å². The van der Waals surface area contributed by atoms with Crippen LogP contribution in [0.5, 0.6) is 0 Å². The van der Waals surface area contributed by atoms with Crippen molar-refractivity contribution < 1.29 is 13.9 Å². The molecule has 8 nitrogen and oxygen atoms in total. The average molecular weight is 533 g/mol. The van der Waals surface area contributed by atoms with Crippen molar-refractivity contribution in [1.82, 2.24) is 20.4 Å². The summed E-state index contributed by atoms with van der Waals surface area (Å²) in [5.41, 5.74) is 0. The molecular formula is C21H36IN5O3. The highest BCUT2D eigenvalue weighted by Crippen LogP contribution is 2.12. The number of hydrogen-bond acceptors (Lipinski definition) is 5. The van der Waals surface area contributed by atoms with Gasteiger partial charge in [-0.3, -0.25) is 14.7 Å². The van der Waals surface area contributed by atoms with Crippen molar-refractivity contribution in [3.8, 4) is 0 Å². The lowest BCUT2D eigenvalue weighted by molar-refractivity contribution is -0.123. The SMILES string of the molecule is CC(C)NC(=O)CN1CCN(C(=NCC2CCCO2)NCCc2ccco2)CC1.I. The van der Waals surface area contributed by atoms with Gasteiger partial charge in [-0.1, -0.05) is 0 Å². The summed E-state index contributed by atoms with van der Waals surface area (Å²) in [6.07, 6.45) is 4.97. The summed E-state index contributed by atoms with van der Waals surface area (Å²) in [5, 5.41) is 6.46. The van der Waals surface area contributed by atoms with E-state index in [1.165, 1.54) is 0 Å². The minimum atomic E-state index is 0. The van der Waals surface area contributed by atoms with Crippen molar-refractivity contribution in [2.75, 3.05) is 52.4 Å². The number of halogens is 1. The van der Waals surface area contributed by atoms with Crippen molar-refractivity contribution in [2.45, 2.75) is 45.3 Å². The molecule has 0 aliphatic carbocycles. The molecule has 0 saturated carbocycles. The molecule has 3 rings (SSSR count). The molecular weight excluding hydrogens is 497 g/mol. The maximum absolute atomic E-state index is 12.0. The van der Waals surface area contributed by atoms with Crippen LogP contribution in [0.4, 0.5) is 0 Å². The molecule has 2 N–H and O–H groups in total. The van der Waals surface area contributed by atoms with Crippen LogP contribution >= 0.6 is 24.0 Å². The summed E-state index contributed by atoms with van der Waals surface area (Å²) in [7, 11) is 0. The molecule has 0 aromatic carbocycles. The van der Waals surface area contributed by atoms with Crippen LogP contribution in [0.25, 0.3) is 0 Å². The summed E-state index contributed by atoms with van der Waals surface area (Å²) in [6, 6.07) is 4.08. The molecule has 2 fully saturated rings. The molecule has 9 heteroatoms. The number of furan rings is 1. The minimum absolute atomic E-state index is 0. The third kappa shape index (κ3) is 8.43. The Kier molecular flexibility index (Phi) is 10.9. The van der Waals surface area contributed by atoms with Crippen LogP contribution in [0.3, 0.4) is 0 Å². The maximum atomic E-state index is 12.0. The fourth-order valence-electron chi connectivity index (χ4n) is 3.69. The van der Waals surface area contributed by atoms with Gasteiger partial charge in [0.05, 0.1) is 25.5 Å².